The third kappa shape index (κ3) is 2.89. The third-order valence-electron chi connectivity index (χ3n) is 2.75. The minimum atomic E-state index is 0.469. The Labute approximate surface area is 125 Å². The summed E-state index contributed by atoms with van der Waals surface area (Å²) >= 11 is 13.6. The molecule has 2 nitrogen and oxygen atoms in total. The van der Waals surface area contributed by atoms with Gasteiger partial charge in [-0.1, -0.05) is 41.4 Å². The van der Waals surface area contributed by atoms with Gasteiger partial charge in [0.05, 0.1) is 15.7 Å². The molecule has 0 aliphatic heterocycles. The zero-order chi connectivity index (χ0) is 13.2. The van der Waals surface area contributed by atoms with Gasteiger partial charge in [0, 0.05) is 16.7 Å². The van der Waals surface area contributed by atoms with Crippen molar-refractivity contribution in [3.63, 3.8) is 0 Å². The van der Waals surface area contributed by atoms with E-state index in [9.17, 15) is 0 Å². The van der Waals surface area contributed by atoms with Gasteiger partial charge in [-0.05, 0) is 24.3 Å². The fraction of sp³-hybridized carbons (Fsp3) is 0.0714. The van der Waals surface area contributed by atoms with Gasteiger partial charge in [0.2, 0.25) is 0 Å². The van der Waals surface area contributed by atoms with Crippen molar-refractivity contribution < 1.29 is 0 Å². The maximum Gasteiger partial charge on any atom is 0.129 e. The SMILES string of the molecule is Clc1ccc(Cl)c(CSc2cc3ccccc3[nH]2)n1. The molecule has 0 bridgehead atoms. The Balaban J connectivity index is 1.80. The van der Waals surface area contributed by atoms with Crippen LogP contribution in [0.5, 0.6) is 0 Å². The number of hydrogen-bond acceptors (Lipinski definition) is 2. The third-order valence-corrected chi connectivity index (χ3v) is 4.26. The lowest BCUT2D eigenvalue weighted by Crippen LogP contribution is -1.88. The highest BCUT2D eigenvalue weighted by Crippen LogP contribution is 2.28. The predicted octanol–water partition coefficient (Wildman–Crippen LogP) is 5.16. The first-order valence-electron chi connectivity index (χ1n) is 5.74. The zero-order valence-electron chi connectivity index (χ0n) is 9.86. The summed E-state index contributed by atoms with van der Waals surface area (Å²) in [7, 11) is 0. The van der Waals surface area contributed by atoms with E-state index in [0.29, 0.717) is 15.9 Å². The molecule has 0 saturated heterocycles. The fourth-order valence-corrected chi connectivity index (χ4v) is 3.15. The van der Waals surface area contributed by atoms with Gasteiger partial charge >= 0.3 is 0 Å². The number of hydrogen-bond donors (Lipinski definition) is 1. The second-order valence-corrected chi connectivity index (χ2v) is 5.88. The molecule has 5 heteroatoms. The molecule has 2 heterocycles. The Morgan fingerprint density at radius 3 is 2.79 bits per heavy atom. The highest BCUT2D eigenvalue weighted by molar-refractivity contribution is 7.98. The number of halogens is 2. The van der Waals surface area contributed by atoms with E-state index in [1.165, 1.54) is 5.39 Å². The maximum absolute atomic E-state index is 6.10. The van der Waals surface area contributed by atoms with Gasteiger partial charge in [0.25, 0.3) is 0 Å². The van der Waals surface area contributed by atoms with E-state index in [4.69, 9.17) is 23.2 Å². The number of thioether (sulfide) groups is 1. The highest BCUT2D eigenvalue weighted by atomic mass is 35.5. The van der Waals surface area contributed by atoms with Crippen LogP contribution in [0, 0.1) is 0 Å². The topological polar surface area (TPSA) is 28.7 Å². The largest absolute Gasteiger partial charge is 0.350 e. The molecule has 3 rings (SSSR count). The molecule has 1 N–H and O–H groups in total. The van der Waals surface area contributed by atoms with Gasteiger partial charge in [0.1, 0.15) is 5.15 Å². The first-order valence-corrected chi connectivity index (χ1v) is 7.48. The first-order chi connectivity index (χ1) is 9.22. The van der Waals surface area contributed by atoms with Crippen molar-refractivity contribution in [1.29, 1.82) is 0 Å². The Bertz CT molecular complexity index is 691. The molecule has 0 spiro atoms. The van der Waals surface area contributed by atoms with Crippen molar-refractivity contribution in [2.75, 3.05) is 0 Å². The van der Waals surface area contributed by atoms with Crippen LogP contribution in [0.2, 0.25) is 10.2 Å². The lowest BCUT2D eigenvalue weighted by molar-refractivity contribution is 1.16. The molecule has 2 aromatic heterocycles. The summed E-state index contributed by atoms with van der Waals surface area (Å²) in [4.78, 5) is 7.60. The predicted molar refractivity (Wildman–Crippen MR) is 82.1 cm³/mol. The van der Waals surface area contributed by atoms with Crippen LogP contribution in [-0.2, 0) is 5.75 Å². The number of pyridine rings is 1. The Kier molecular flexibility index (Phi) is 3.69. The summed E-state index contributed by atoms with van der Waals surface area (Å²) in [6, 6.07) is 13.8. The van der Waals surface area contributed by atoms with Gasteiger partial charge in [-0.25, -0.2) is 4.98 Å². The van der Waals surface area contributed by atoms with Gasteiger partial charge in [-0.15, -0.1) is 11.8 Å². The number of H-pyrrole nitrogens is 1. The molecule has 0 aliphatic rings. The molecular weight excluding hydrogens is 299 g/mol. The van der Waals surface area contributed by atoms with Gasteiger partial charge < -0.3 is 4.98 Å². The minimum absolute atomic E-state index is 0.469. The fourth-order valence-electron chi connectivity index (χ4n) is 1.83. The van der Waals surface area contributed by atoms with Crippen LogP contribution >= 0.6 is 35.0 Å². The standard InChI is InChI=1S/C14H10Cl2N2S/c15-10-5-6-13(16)17-12(10)8-19-14-7-9-3-1-2-4-11(9)18-14/h1-7,18H,8H2. The minimum Gasteiger partial charge on any atom is -0.350 e. The summed E-state index contributed by atoms with van der Waals surface area (Å²) in [5, 5.41) is 3.42. The quantitative estimate of drug-likeness (QED) is 0.534. The van der Waals surface area contributed by atoms with E-state index < -0.39 is 0 Å². The molecule has 0 atom stereocenters. The van der Waals surface area contributed by atoms with Crippen molar-refractivity contribution in [3.8, 4) is 0 Å². The zero-order valence-corrected chi connectivity index (χ0v) is 12.2. The van der Waals surface area contributed by atoms with Crippen LogP contribution in [0.15, 0.2) is 47.5 Å². The van der Waals surface area contributed by atoms with Gasteiger partial charge in [0.15, 0.2) is 0 Å². The highest BCUT2D eigenvalue weighted by Gasteiger charge is 2.06. The summed E-state index contributed by atoms with van der Waals surface area (Å²) in [5.41, 5.74) is 1.94. The second kappa shape index (κ2) is 5.45. The molecule has 0 radical (unpaired) electrons. The smallest absolute Gasteiger partial charge is 0.129 e. The Morgan fingerprint density at radius 1 is 1.11 bits per heavy atom. The van der Waals surface area contributed by atoms with Crippen LogP contribution in [0.3, 0.4) is 0 Å². The summed E-state index contributed by atoms with van der Waals surface area (Å²) in [5.74, 6) is 0.687. The van der Waals surface area contributed by atoms with Crippen LogP contribution in [-0.4, -0.2) is 9.97 Å². The number of nitrogens with zero attached hydrogens (tertiary/aromatic N) is 1. The van der Waals surface area contributed by atoms with Gasteiger partial charge in [-0.3, -0.25) is 0 Å². The van der Waals surface area contributed by atoms with Crippen molar-refractivity contribution in [2.24, 2.45) is 0 Å². The number of benzene rings is 1. The number of para-hydroxylation sites is 1. The number of nitrogens with one attached hydrogen (secondary N) is 1. The van der Waals surface area contributed by atoms with E-state index in [0.717, 1.165) is 16.2 Å². The summed E-state index contributed by atoms with van der Waals surface area (Å²) in [6.45, 7) is 0. The van der Waals surface area contributed by atoms with Crippen molar-refractivity contribution in [3.05, 3.63) is 58.3 Å². The van der Waals surface area contributed by atoms with Crippen molar-refractivity contribution >= 4 is 45.9 Å². The van der Waals surface area contributed by atoms with Crippen LogP contribution < -0.4 is 0 Å². The molecule has 0 aliphatic carbocycles. The summed E-state index contributed by atoms with van der Waals surface area (Å²) < 4.78 is 0. The van der Waals surface area contributed by atoms with Crippen LogP contribution in [0.4, 0.5) is 0 Å². The van der Waals surface area contributed by atoms with E-state index in [1.54, 1.807) is 23.9 Å². The average Bonchev–Trinajstić information content (AvgIpc) is 2.82. The number of fused-ring (bicyclic) bond motifs is 1. The number of rotatable bonds is 3. The molecular formula is C14H10Cl2N2S. The lowest BCUT2D eigenvalue weighted by atomic mass is 10.3. The Morgan fingerprint density at radius 2 is 1.95 bits per heavy atom. The van der Waals surface area contributed by atoms with E-state index >= 15 is 0 Å². The second-order valence-electron chi connectivity index (χ2n) is 4.07. The molecule has 0 saturated carbocycles. The summed E-state index contributed by atoms with van der Waals surface area (Å²) in [6.07, 6.45) is 0. The molecule has 0 fully saturated rings. The van der Waals surface area contributed by atoms with E-state index in [2.05, 4.69) is 28.2 Å². The first kappa shape index (κ1) is 12.9. The monoisotopic (exact) mass is 308 g/mol. The van der Waals surface area contributed by atoms with Crippen LogP contribution in [0.25, 0.3) is 10.9 Å². The molecule has 0 unspecified atom stereocenters. The number of aromatic amines is 1. The Hall–Kier alpha value is -1.16. The molecule has 96 valence electrons. The van der Waals surface area contributed by atoms with Crippen LogP contribution in [0.1, 0.15) is 5.69 Å². The molecule has 19 heavy (non-hydrogen) atoms. The van der Waals surface area contributed by atoms with E-state index in [-0.39, 0.29) is 0 Å². The number of aromatic nitrogens is 2. The van der Waals surface area contributed by atoms with Crippen molar-refractivity contribution in [1.82, 2.24) is 9.97 Å². The van der Waals surface area contributed by atoms with E-state index in [1.807, 2.05) is 12.1 Å². The van der Waals surface area contributed by atoms with Gasteiger partial charge in [-0.2, -0.15) is 0 Å². The normalized spacial score (nSPS) is 11.1. The molecule has 3 aromatic rings. The molecule has 1 aromatic carbocycles. The lowest BCUT2D eigenvalue weighted by Gasteiger charge is -2.02. The average molecular weight is 309 g/mol. The molecule has 0 amide bonds. The maximum atomic E-state index is 6.10. The van der Waals surface area contributed by atoms with Crippen molar-refractivity contribution in [2.45, 2.75) is 10.8 Å².